The first-order valence-corrected chi connectivity index (χ1v) is 7.84. The van der Waals surface area contributed by atoms with Crippen LogP contribution in [0, 0.1) is 0 Å². The van der Waals surface area contributed by atoms with Crippen molar-refractivity contribution >= 4 is 27.1 Å². The molecule has 2 aromatic carbocycles. The molecule has 0 aliphatic heterocycles. The minimum absolute atomic E-state index is 0.0306. The van der Waals surface area contributed by atoms with Gasteiger partial charge < -0.3 is 5.73 Å². The van der Waals surface area contributed by atoms with E-state index in [1.54, 1.807) is 0 Å². The highest BCUT2D eigenvalue weighted by molar-refractivity contribution is 7.91. The maximum absolute atomic E-state index is 12.2. The number of benzene rings is 2. The van der Waals surface area contributed by atoms with E-state index >= 15 is 0 Å². The molecule has 100 valence electrons. The molecule has 2 aromatic rings. The first kappa shape index (κ1) is 13.9. The Bertz CT molecular complexity index is 669. The van der Waals surface area contributed by atoms with Crippen molar-refractivity contribution in [1.29, 1.82) is 0 Å². The van der Waals surface area contributed by atoms with Gasteiger partial charge in [0.2, 0.25) is 0 Å². The first-order valence-electron chi connectivity index (χ1n) is 5.81. The van der Waals surface area contributed by atoms with Gasteiger partial charge in [0.05, 0.1) is 16.3 Å². The number of hydrogen-bond donors (Lipinski definition) is 1. The second-order valence-corrected chi connectivity index (χ2v) is 6.75. The van der Waals surface area contributed by atoms with E-state index in [4.69, 9.17) is 17.3 Å². The summed E-state index contributed by atoms with van der Waals surface area (Å²) >= 11 is 5.77. The molecule has 0 amide bonds. The Labute approximate surface area is 117 Å². The van der Waals surface area contributed by atoms with E-state index in [1.807, 2.05) is 30.3 Å². The van der Waals surface area contributed by atoms with Crippen LogP contribution in [0.4, 0.5) is 5.69 Å². The third-order valence-corrected chi connectivity index (χ3v) is 4.83. The smallest absolute Gasteiger partial charge is 0.180 e. The molecule has 0 aliphatic rings. The average molecular weight is 296 g/mol. The van der Waals surface area contributed by atoms with Gasteiger partial charge in [-0.3, -0.25) is 0 Å². The zero-order valence-electron chi connectivity index (χ0n) is 10.2. The molecular formula is C14H14ClNO2S. The van der Waals surface area contributed by atoms with Crippen molar-refractivity contribution in [1.82, 2.24) is 0 Å². The largest absolute Gasteiger partial charge is 0.398 e. The van der Waals surface area contributed by atoms with Crippen molar-refractivity contribution in [2.45, 2.75) is 11.3 Å². The molecule has 0 aliphatic carbocycles. The summed E-state index contributed by atoms with van der Waals surface area (Å²) in [7, 11) is -3.39. The van der Waals surface area contributed by atoms with Gasteiger partial charge >= 0.3 is 0 Å². The Kier molecular flexibility index (Phi) is 4.12. The number of rotatable bonds is 4. The molecule has 0 fully saturated rings. The van der Waals surface area contributed by atoms with E-state index < -0.39 is 9.84 Å². The van der Waals surface area contributed by atoms with E-state index in [0.29, 0.717) is 11.4 Å². The van der Waals surface area contributed by atoms with Crippen molar-refractivity contribution in [3.63, 3.8) is 0 Å². The molecule has 0 bridgehead atoms. The second-order valence-electron chi connectivity index (χ2n) is 4.24. The van der Waals surface area contributed by atoms with Crippen molar-refractivity contribution in [2.75, 3.05) is 11.5 Å². The molecule has 0 atom stereocenters. The predicted octanol–water partition coefficient (Wildman–Crippen LogP) is 2.94. The van der Waals surface area contributed by atoms with Crippen LogP contribution in [0.2, 0.25) is 5.02 Å². The minimum Gasteiger partial charge on any atom is -0.398 e. The van der Waals surface area contributed by atoms with Gasteiger partial charge in [0.1, 0.15) is 0 Å². The summed E-state index contributed by atoms with van der Waals surface area (Å²) < 4.78 is 24.4. The molecule has 0 aromatic heterocycles. The van der Waals surface area contributed by atoms with Gasteiger partial charge in [-0.25, -0.2) is 8.42 Å². The molecule has 0 radical (unpaired) electrons. The fourth-order valence-electron chi connectivity index (χ4n) is 1.81. The molecule has 0 saturated carbocycles. The lowest BCUT2D eigenvalue weighted by molar-refractivity contribution is 0.595. The fraction of sp³-hybridized carbons (Fsp3) is 0.143. The van der Waals surface area contributed by atoms with Crippen molar-refractivity contribution < 1.29 is 8.42 Å². The monoisotopic (exact) mass is 295 g/mol. The Balaban J connectivity index is 2.19. The van der Waals surface area contributed by atoms with Crippen LogP contribution < -0.4 is 5.73 Å². The number of anilines is 1. The lowest BCUT2D eigenvalue weighted by Gasteiger charge is -2.08. The third kappa shape index (κ3) is 3.49. The van der Waals surface area contributed by atoms with E-state index in [9.17, 15) is 8.42 Å². The number of sulfone groups is 1. The molecule has 3 nitrogen and oxygen atoms in total. The van der Waals surface area contributed by atoms with Gasteiger partial charge in [0, 0.05) is 5.02 Å². The van der Waals surface area contributed by atoms with Gasteiger partial charge in [-0.1, -0.05) is 41.9 Å². The molecule has 5 heteroatoms. The number of hydrogen-bond acceptors (Lipinski definition) is 3. The van der Waals surface area contributed by atoms with Crippen LogP contribution in [0.1, 0.15) is 5.56 Å². The van der Waals surface area contributed by atoms with Gasteiger partial charge in [-0.15, -0.1) is 0 Å². The molecule has 2 rings (SSSR count). The lowest BCUT2D eigenvalue weighted by Crippen LogP contribution is -2.11. The summed E-state index contributed by atoms with van der Waals surface area (Å²) in [6.45, 7) is 0. The normalized spacial score (nSPS) is 11.4. The van der Waals surface area contributed by atoms with Crippen molar-refractivity contribution in [2.24, 2.45) is 0 Å². The van der Waals surface area contributed by atoms with Gasteiger partial charge in [-0.05, 0) is 30.2 Å². The molecule has 0 heterocycles. The molecule has 19 heavy (non-hydrogen) atoms. The predicted molar refractivity (Wildman–Crippen MR) is 78.1 cm³/mol. The summed E-state index contributed by atoms with van der Waals surface area (Å²) in [5.74, 6) is 0.0306. The van der Waals surface area contributed by atoms with E-state index in [1.165, 1.54) is 18.2 Å². The van der Waals surface area contributed by atoms with E-state index in [-0.39, 0.29) is 16.3 Å². The number of nitrogens with two attached hydrogens (primary N) is 1. The average Bonchev–Trinajstić information content (AvgIpc) is 2.37. The highest BCUT2D eigenvalue weighted by Gasteiger charge is 2.17. The van der Waals surface area contributed by atoms with Crippen LogP contribution in [-0.2, 0) is 16.3 Å². The molecule has 0 unspecified atom stereocenters. The SMILES string of the molecule is Nc1cc(Cl)ccc1S(=O)(=O)CCc1ccccc1. The zero-order valence-corrected chi connectivity index (χ0v) is 11.8. The molecule has 0 saturated heterocycles. The van der Waals surface area contributed by atoms with Crippen molar-refractivity contribution in [3.05, 3.63) is 59.1 Å². The Morgan fingerprint density at radius 2 is 1.74 bits per heavy atom. The quantitative estimate of drug-likeness (QED) is 0.882. The molecule has 2 N–H and O–H groups in total. The van der Waals surface area contributed by atoms with E-state index in [0.717, 1.165) is 5.56 Å². The standard InChI is InChI=1S/C14H14ClNO2S/c15-12-6-7-14(13(16)10-12)19(17,18)9-8-11-4-2-1-3-5-11/h1-7,10H,8-9,16H2. The van der Waals surface area contributed by atoms with Crippen LogP contribution in [-0.4, -0.2) is 14.2 Å². The highest BCUT2D eigenvalue weighted by Crippen LogP contribution is 2.23. The third-order valence-electron chi connectivity index (χ3n) is 2.81. The maximum atomic E-state index is 12.2. The van der Waals surface area contributed by atoms with Crippen LogP contribution in [0.3, 0.4) is 0 Å². The van der Waals surface area contributed by atoms with Crippen LogP contribution >= 0.6 is 11.6 Å². The van der Waals surface area contributed by atoms with Crippen molar-refractivity contribution in [3.8, 4) is 0 Å². The summed E-state index contributed by atoms with van der Waals surface area (Å²) in [5.41, 5.74) is 6.89. The highest BCUT2D eigenvalue weighted by atomic mass is 35.5. The second kappa shape index (κ2) is 5.63. The van der Waals surface area contributed by atoms with E-state index in [2.05, 4.69) is 0 Å². The number of aryl methyl sites for hydroxylation is 1. The summed E-state index contributed by atoms with van der Waals surface area (Å²) in [5, 5.41) is 0.430. The zero-order chi connectivity index (χ0) is 13.9. The van der Waals surface area contributed by atoms with Gasteiger partial charge in [0.15, 0.2) is 9.84 Å². The van der Waals surface area contributed by atoms with Gasteiger partial charge in [0.25, 0.3) is 0 Å². The van der Waals surface area contributed by atoms with Crippen LogP contribution in [0.15, 0.2) is 53.4 Å². The lowest BCUT2D eigenvalue weighted by atomic mass is 10.2. The van der Waals surface area contributed by atoms with Crippen LogP contribution in [0.5, 0.6) is 0 Å². The minimum atomic E-state index is -3.39. The van der Waals surface area contributed by atoms with Crippen LogP contribution in [0.25, 0.3) is 0 Å². The summed E-state index contributed by atoms with van der Waals surface area (Å²) in [4.78, 5) is 0.146. The number of nitrogen functional groups attached to an aromatic ring is 1. The topological polar surface area (TPSA) is 60.2 Å². The Hall–Kier alpha value is -1.52. The van der Waals surface area contributed by atoms with Gasteiger partial charge in [-0.2, -0.15) is 0 Å². The first-order chi connectivity index (χ1) is 8.99. The fourth-order valence-corrected chi connectivity index (χ4v) is 3.41. The summed E-state index contributed by atoms with van der Waals surface area (Å²) in [6, 6.07) is 13.9. The maximum Gasteiger partial charge on any atom is 0.180 e. The number of halogens is 1. The molecular weight excluding hydrogens is 282 g/mol. The molecule has 0 spiro atoms. The summed E-state index contributed by atoms with van der Waals surface area (Å²) in [6.07, 6.45) is 0.464. The Morgan fingerprint density at radius 3 is 2.37 bits per heavy atom. The Morgan fingerprint density at radius 1 is 1.05 bits per heavy atom.